The molecule has 0 saturated carbocycles. The van der Waals surface area contributed by atoms with Crippen molar-refractivity contribution in [3.05, 3.63) is 57.9 Å². The fraction of sp³-hybridized carbons (Fsp3) is 0.333. The topological polar surface area (TPSA) is 58.5 Å². The molecule has 0 aliphatic rings. The molecule has 128 valence electrons. The van der Waals surface area contributed by atoms with Crippen LogP contribution in [0.15, 0.2) is 35.5 Å². The molecule has 0 radical (unpaired) electrons. The third kappa shape index (κ3) is 4.61. The van der Waals surface area contributed by atoms with Gasteiger partial charge < -0.3 is 15.4 Å². The molecule has 1 aromatic carbocycles. The van der Waals surface area contributed by atoms with Crippen LogP contribution in [0.5, 0.6) is 5.75 Å². The second kappa shape index (κ2) is 8.55. The second-order valence-corrected chi connectivity index (χ2v) is 5.89. The van der Waals surface area contributed by atoms with Gasteiger partial charge in [-0.25, -0.2) is 0 Å². The fourth-order valence-corrected chi connectivity index (χ4v) is 2.68. The number of pyridine rings is 1. The van der Waals surface area contributed by atoms with Crippen molar-refractivity contribution in [1.82, 2.24) is 15.6 Å². The van der Waals surface area contributed by atoms with E-state index in [1.54, 1.807) is 14.2 Å². The molecule has 0 atom stereocenters. The maximum absolute atomic E-state index is 6.00. The van der Waals surface area contributed by atoms with Crippen molar-refractivity contribution in [2.24, 2.45) is 4.99 Å². The molecule has 0 unspecified atom stereocenters. The van der Waals surface area contributed by atoms with E-state index in [-0.39, 0.29) is 0 Å². The number of aliphatic imine (C=N–C) groups is 1. The number of aromatic nitrogens is 1. The van der Waals surface area contributed by atoms with Crippen molar-refractivity contribution in [2.75, 3.05) is 14.2 Å². The van der Waals surface area contributed by atoms with Gasteiger partial charge in [0.25, 0.3) is 0 Å². The molecule has 2 rings (SSSR count). The third-order valence-electron chi connectivity index (χ3n) is 3.75. The van der Waals surface area contributed by atoms with E-state index in [0.717, 1.165) is 33.2 Å². The van der Waals surface area contributed by atoms with E-state index in [2.05, 4.69) is 20.6 Å². The molecule has 2 N–H and O–H groups in total. The quantitative estimate of drug-likeness (QED) is 0.644. The Kier molecular flexibility index (Phi) is 6.44. The Hall–Kier alpha value is -2.27. The van der Waals surface area contributed by atoms with Crippen molar-refractivity contribution in [3.8, 4) is 5.75 Å². The highest BCUT2D eigenvalue weighted by Gasteiger charge is 2.09. The van der Waals surface area contributed by atoms with Gasteiger partial charge in [0.2, 0.25) is 0 Å². The first-order chi connectivity index (χ1) is 11.5. The van der Waals surface area contributed by atoms with Gasteiger partial charge in [-0.3, -0.25) is 9.98 Å². The summed E-state index contributed by atoms with van der Waals surface area (Å²) in [6.45, 7) is 5.21. The van der Waals surface area contributed by atoms with Gasteiger partial charge in [-0.15, -0.1) is 0 Å². The zero-order valence-corrected chi connectivity index (χ0v) is 15.2. The van der Waals surface area contributed by atoms with E-state index in [1.807, 2.05) is 44.3 Å². The van der Waals surface area contributed by atoms with E-state index in [9.17, 15) is 0 Å². The summed E-state index contributed by atoms with van der Waals surface area (Å²) in [6, 6.07) is 7.74. The van der Waals surface area contributed by atoms with Gasteiger partial charge in [-0.2, -0.15) is 0 Å². The smallest absolute Gasteiger partial charge is 0.191 e. The third-order valence-corrected chi connectivity index (χ3v) is 3.98. The number of guanidine groups is 1. The van der Waals surface area contributed by atoms with Crippen LogP contribution in [0.1, 0.15) is 22.4 Å². The van der Waals surface area contributed by atoms with Gasteiger partial charge in [0.05, 0.1) is 19.3 Å². The molecule has 0 bridgehead atoms. The molecule has 0 amide bonds. The molecule has 0 saturated heterocycles. The Bertz CT molecular complexity index is 731. The van der Waals surface area contributed by atoms with Crippen molar-refractivity contribution in [1.29, 1.82) is 0 Å². The molecule has 24 heavy (non-hydrogen) atoms. The van der Waals surface area contributed by atoms with Crippen molar-refractivity contribution >= 4 is 17.6 Å². The lowest BCUT2D eigenvalue weighted by Crippen LogP contribution is -2.36. The average Bonchev–Trinajstić information content (AvgIpc) is 2.57. The van der Waals surface area contributed by atoms with Crippen LogP contribution in [0.25, 0.3) is 0 Å². The first kappa shape index (κ1) is 18.1. The van der Waals surface area contributed by atoms with E-state index in [4.69, 9.17) is 16.3 Å². The molecule has 0 fully saturated rings. The Balaban J connectivity index is 1.97. The molecule has 6 heteroatoms. The minimum Gasteiger partial charge on any atom is -0.496 e. The summed E-state index contributed by atoms with van der Waals surface area (Å²) in [6.07, 6.45) is 1.82. The summed E-state index contributed by atoms with van der Waals surface area (Å²) < 4.78 is 5.44. The number of halogens is 1. The summed E-state index contributed by atoms with van der Waals surface area (Å²) in [7, 11) is 3.42. The van der Waals surface area contributed by atoms with Crippen LogP contribution in [-0.4, -0.2) is 25.1 Å². The molecule has 5 nitrogen and oxygen atoms in total. The van der Waals surface area contributed by atoms with Gasteiger partial charge in [-0.1, -0.05) is 23.7 Å². The Morgan fingerprint density at radius 1 is 1.25 bits per heavy atom. The number of hydrogen-bond donors (Lipinski definition) is 2. The maximum Gasteiger partial charge on any atom is 0.191 e. The van der Waals surface area contributed by atoms with Crippen LogP contribution in [0.4, 0.5) is 0 Å². The number of nitrogens with one attached hydrogen (secondary N) is 2. The van der Waals surface area contributed by atoms with E-state index < -0.39 is 0 Å². The highest BCUT2D eigenvalue weighted by atomic mass is 35.5. The predicted molar refractivity (Wildman–Crippen MR) is 98.8 cm³/mol. The van der Waals surface area contributed by atoms with E-state index in [1.165, 1.54) is 0 Å². The zero-order chi connectivity index (χ0) is 17.5. The van der Waals surface area contributed by atoms with Crippen molar-refractivity contribution < 1.29 is 4.74 Å². The van der Waals surface area contributed by atoms with Gasteiger partial charge in [0.15, 0.2) is 5.96 Å². The van der Waals surface area contributed by atoms with Crippen LogP contribution in [0.2, 0.25) is 5.02 Å². The molecule has 1 heterocycles. The lowest BCUT2D eigenvalue weighted by molar-refractivity contribution is 0.406. The first-order valence-corrected chi connectivity index (χ1v) is 8.11. The number of ether oxygens (including phenoxy) is 1. The Labute approximate surface area is 148 Å². The number of nitrogens with zero attached hydrogens (tertiary/aromatic N) is 2. The summed E-state index contributed by atoms with van der Waals surface area (Å²) in [5.41, 5.74) is 4.09. The standard InChI is InChI=1S/C18H23ClN4O/c1-12-9-21-16(13(2)17(12)24-4)11-23-18(20-3)22-10-14-6-5-7-15(19)8-14/h5-9H,10-11H2,1-4H3,(H2,20,22,23). The summed E-state index contributed by atoms with van der Waals surface area (Å²) in [5, 5.41) is 7.26. The highest BCUT2D eigenvalue weighted by Crippen LogP contribution is 2.23. The van der Waals surface area contributed by atoms with Gasteiger partial charge in [-0.05, 0) is 31.5 Å². The van der Waals surface area contributed by atoms with Gasteiger partial charge in [0.1, 0.15) is 5.75 Å². The average molecular weight is 347 g/mol. The van der Waals surface area contributed by atoms with Gasteiger partial charge in [0, 0.05) is 35.9 Å². The Morgan fingerprint density at radius 3 is 2.67 bits per heavy atom. The molecular weight excluding hydrogens is 324 g/mol. The molecule has 0 aliphatic carbocycles. The predicted octanol–water partition coefficient (Wildman–Crippen LogP) is 3.23. The SMILES string of the molecule is CN=C(NCc1cccc(Cl)c1)NCc1ncc(C)c(OC)c1C. The fourth-order valence-electron chi connectivity index (χ4n) is 2.47. The van der Waals surface area contributed by atoms with Crippen molar-refractivity contribution in [3.63, 3.8) is 0 Å². The number of methoxy groups -OCH3 is 1. The lowest BCUT2D eigenvalue weighted by Gasteiger charge is -2.15. The molecule has 0 aliphatic heterocycles. The zero-order valence-electron chi connectivity index (χ0n) is 14.5. The minimum atomic E-state index is 0.567. The summed E-state index contributed by atoms with van der Waals surface area (Å²) in [4.78, 5) is 8.71. The maximum atomic E-state index is 6.00. The first-order valence-electron chi connectivity index (χ1n) is 7.73. The Morgan fingerprint density at radius 2 is 2.00 bits per heavy atom. The van der Waals surface area contributed by atoms with Crippen LogP contribution in [0.3, 0.4) is 0 Å². The minimum absolute atomic E-state index is 0.567. The van der Waals surface area contributed by atoms with Crippen LogP contribution in [-0.2, 0) is 13.1 Å². The van der Waals surface area contributed by atoms with Crippen molar-refractivity contribution in [2.45, 2.75) is 26.9 Å². The van der Waals surface area contributed by atoms with Crippen LogP contribution >= 0.6 is 11.6 Å². The summed E-state index contributed by atoms with van der Waals surface area (Å²) >= 11 is 6.00. The number of rotatable bonds is 5. The molecule has 0 spiro atoms. The van der Waals surface area contributed by atoms with Crippen LogP contribution < -0.4 is 15.4 Å². The second-order valence-electron chi connectivity index (χ2n) is 5.46. The highest BCUT2D eigenvalue weighted by molar-refractivity contribution is 6.30. The normalized spacial score (nSPS) is 11.3. The monoisotopic (exact) mass is 346 g/mol. The lowest BCUT2D eigenvalue weighted by atomic mass is 10.1. The summed E-state index contributed by atoms with van der Waals surface area (Å²) in [5.74, 6) is 1.58. The molecular formula is C18H23ClN4O. The largest absolute Gasteiger partial charge is 0.496 e. The van der Waals surface area contributed by atoms with E-state index >= 15 is 0 Å². The van der Waals surface area contributed by atoms with Crippen LogP contribution in [0, 0.1) is 13.8 Å². The number of benzene rings is 1. The van der Waals surface area contributed by atoms with Gasteiger partial charge >= 0.3 is 0 Å². The van der Waals surface area contributed by atoms with E-state index in [0.29, 0.717) is 19.0 Å². The number of hydrogen-bond acceptors (Lipinski definition) is 3. The molecule has 1 aromatic heterocycles. The molecule has 2 aromatic rings. The number of aryl methyl sites for hydroxylation is 1.